The molecular formula is C22H23N3O2S. The number of hydrogen-bond acceptors (Lipinski definition) is 4. The van der Waals surface area contributed by atoms with Crippen molar-refractivity contribution < 1.29 is 9.59 Å². The zero-order chi connectivity index (χ0) is 20.1. The number of rotatable bonds is 6. The molecule has 0 atom stereocenters. The molecule has 0 spiro atoms. The molecule has 1 heterocycles. The predicted octanol–water partition coefficient (Wildman–Crippen LogP) is 4.03. The zero-order valence-corrected chi connectivity index (χ0v) is 17.0. The highest BCUT2D eigenvalue weighted by atomic mass is 32.1. The van der Waals surface area contributed by atoms with Crippen molar-refractivity contribution in [3.8, 4) is 10.6 Å². The van der Waals surface area contributed by atoms with Gasteiger partial charge in [0.15, 0.2) is 0 Å². The molecule has 0 aliphatic rings. The van der Waals surface area contributed by atoms with Crippen LogP contribution in [0.5, 0.6) is 0 Å². The third-order valence-corrected chi connectivity index (χ3v) is 5.29. The van der Waals surface area contributed by atoms with Crippen LogP contribution in [0.25, 0.3) is 10.6 Å². The van der Waals surface area contributed by atoms with Crippen LogP contribution in [-0.2, 0) is 16.0 Å². The highest BCUT2D eigenvalue weighted by molar-refractivity contribution is 7.13. The number of benzene rings is 2. The van der Waals surface area contributed by atoms with E-state index >= 15 is 0 Å². The maximum atomic E-state index is 12.2. The van der Waals surface area contributed by atoms with Gasteiger partial charge in [-0.05, 0) is 38.0 Å². The molecule has 0 fully saturated rings. The summed E-state index contributed by atoms with van der Waals surface area (Å²) in [6.45, 7) is 5.85. The van der Waals surface area contributed by atoms with Crippen molar-refractivity contribution in [3.05, 3.63) is 70.2 Å². The van der Waals surface area contributed by atoms with Gasteiger partial charge in [0, 0.05) is 16.6 Å². The Hall–Kier alpha value is -2.99. The van der Waals surface area contributed by atoms with E-state index in [-0.39, 0.29) is 24.8 Å². The molecule has 5 nitrogen and oxygen atoms in total. The molecule has 0 aliphatic carbocycles. The quantitative estimate of drug-likeness (QED) is 0.664. The van der Waals surface area contributed by atoms with Crippen LogP contribution in [-0.4, -0.2) is 23.3 Å². The lowest BCUT2D eigenvalue weighted by molar-refractivity contribution is -0.123. The number of aryl methyl sites for hydroxylation is 3. The molecule has 6 heteroatoms. The molecule has 144 valence electrons. The van der Waals surface area contributed by atoms with E-state index in [9.17, 15) is 9.59 Å². The molecule has 28 heavy (non-hydrogen) atoms. The summed E-state index contributed by atoms with van der Waals surface area (Å²) >= 11 is 1.51. The number of nitrogens with one attached hydrogen (secondary N) is 2. The van der Waals surface area contributed by atoms with E-state index in [0.717, 1.165) is 27.4 Å². The molecule has 3 aromatic rings. The molecular weight excluding hydrogens is 370 g/mol. The Balaban J connectivity index is 1.53. The first-order valence-corrected chi connectivity index (χ1v) is 9.94. The van der Waals surface area contributed by atoms with Crippen molar-refractivity contribution in [2.24, 2.45) is 0 Å². The maximum absolute atomic E-state index is 12.2. The number of amides is 2. The van der Waals surface area contributed by atoms with Crippen LogP contribution in [0.4, 0.5) is 5.69 Å². The first kappa shape index (κ1) is 19.8. The summed E-state index contributed by atoms with van der Waals surface area (Å²) in [6.07, 6.45) is 0.152. The standard InChI is InChI=1S/C22H23N3O2S/c1-14-6-4-9-17(10-14)22-24-18(13-28-22)11-19(26)23-12-20(27)25-21-15(2)7-5-8-16(21)3/h4-10,13H,11-12H2,1-3H3,(H,23,26)(H,25,27). The van der Waals surface area contributed by atoms with Crippen molar-refractivity contribution in [2.45, 2.75) is 27.2 Å². The van der Waals surface area contributed by atoms with Gasteiger partial charge < -0.3 is 10.6 Å². The van der Waals surface area contributed by atoms with Gasteiger partial charge in [-0.1, -0.05) is 42.0 Å². The molecule has 2 N–H and O–H groups in total. The highest BCUT2D eigenvalue weighted by Gasteiger charge is 2.12. The molecule has 2 amide bonds. The third-order valence-electron chi connectivity index (χ3n) is 4.35. The minimum absolute atomic E-state index is 0.0680. The molecule has 0 bridgehead atoms. The third kappa shape index (κ3) is 5.04. The minimum atomic E-state index is -0.246. The summed E-state index contributed by atoms with van der Waals surface area (Å²) in [4.78, 5) is 28.9. The van der Waals surface area contributed by atoms with E-state index in [1.165, 1.54) is 16.9 Å². The van der Waals surface area contributed by atoms with Gasteiger partial charge in [0.1, 0.15) is 5.01 Å². The smallest absolute Gasteiger partial charge is 0.243 e. The van der Waals surface area contributed by atoms with Crippen LogP contribution in [0.2, 0.25) is 0 Å². The number of carbonyl (C=O) groups excluding carboxylic acids is 2. The van der Waals surface area contributed by atoms with Gasteiger partial charge >= 0.3 is 0 Å². The van der Waals surface area contributed by atoms with Crippen molar-refractivity contribution in [1.29, 1.82) is 0 Å². The summed E-state index contributed by atoms with van der Waals surface area (Å²) in [7, 11) is 0. The Bertz CT molecular complexity index is 990. The molecule has 2 aromatic carbocycles. The van der Waals surface area contributed by atoms with E-state index in [2.05, 4.69) is 21.7 Å². The number of thiazole rings is 1. The Morgan fingerprint density at radius 1 is 1.00 bits per heavy atom. The van der Waals surface area contributed by atoms with Crippen LogP contribution < -0.4 is 10.6 Å². The number of nitrogens with zero attached hydrogens (tertiary/aromatic N) is 1. The minimum Gasteiger partial charge on any atom is -0.347 e. The van der Waals surface area contributed by atoms with E-state index in [4.69, 9.17) is 0 Å². The average Bonchev–Trinajstić information content (AvgIpc) is 3.12. The first-order valence-electron chi connectivity index (χ1n) is 9.06. The van der Waals surface area contributed by atoms with Crippen molar-refractivity contribution in [2.75, 3.05) is 11.9 Å². The van der Waals surface area contributed by atoms with E-state index in [1.807, 2.05) is 62.5 Å². The van der Waals surface area contributed by atoms with Crippen LogP contribution in [0.3, 0.4) is 0 Å². The molecule has 1 aromatic heterocycles. The Morgan fingerprint density at radius 2 is 1.71 bits per heavy atom. The topological polar surface area (TPSA) is 71.1 Å². The fraction of sp³-hybridized carbons (Fsp3) is 0.227. The molecule has 3 rings (SSSR count). The number of anilines is 1. The summed E-state index contributed by atoms with van der Waals surface area (Å²) in [6, 6.07) is 13.9. The van der Waals surface area contributed by atoms with Crippen molar-refractivity contribution in [1.82, 2.24) is 10.3 Å². The number of hydrogen-bond donors (Lipinski definition) is 2. The maximum Gasteiger partial charge on any atom is 0.243 e. The van der Waals surface area contributed by atoms with Gasteiger partial charge in [0.25, 0.3) is 0 Å². The number of carbonyl (C=O) groups is 2. The Labute approximate surface area is 168 Å². The van der Waals surface area contributed by atoms with Crippen LogP contribution in [0, 0.1) is 20.8 Å². The SMILES string of the molecule is Cc1cccc(-c2nc(CC(=O)NCC(=O)Nc3c(C)cccc3C)cs2)c1. The average molecular weight is 394 g/mol. The lowest BCUT2D eigenvalue weighted by Gasteiger charge is -2.11. The Morgan fingerprint density at radius 3 is 2.43 bits per heavy atom. The molecule has 0 radical (unpaired) electrons. The summed E-state index contributed by atoms with van der Waals surface area (Å²) < 4.78 is 0. The Kier molecular flexibility index (Phi) is 6.21. The second-order valence-electron chi connectivity index (χ2n) is 6.78. The van der Waals surface area contributed by atoms with Gasteiger partial charge in [-0.25, -0.2) is 4.98 Å². The summed E-state index contributed by atoms with van der Waals surface area (Å²) in [5.41, 5.74) is 5.70. The van der Waals surface area contributed by atoms with E-state index in [0.29, 0.717) is 5.69 Å². The van der Waals surface area contributed by atoms with Crippen LogP contribution in [0.1, 0.15) is 22.4 Å². The predicted molar refractivity (Wildman–Crippen MR) is 114 cm³/mol. The monoisotopic (exact) mass is 393 g/mol. The lowest BCUT2D eigenvalue weighted by Crippen LogP contribution is -2.34. The van der Waals surface area contributed by atoms with E-state index in [1.54, 1.807) is 0 Å². The number of para-hydroxylation sites is 1. The van der Waals surface area contributed by atoms with E-state index < -0.39 is 0 Å². The molecule has 0 saturated heterocycles. The lowest BCUT2D eigenvalue weighted by atomic mass is 10.1. The summed E-state index contributed by atoms with van der Waals surface area (Å²) in [5, 5.41) is 8.29. The molecule has 0 aliphatic heterocycles. The van der Waals surface area contributed by atoms with Gasteiger partial charge in [-0.15, -0.1) is 11.3 Å². The van der Waals surface area contributed by atoms with Gasteiger partial charge in [-0.3, -0.25) is 9.59 Å². The van der Waals surface area contributed by atoms with Gasteiger partial charge in [0.2, 0.25) is 11.8 Å². The van der Waals surface area contributed by atoms with Gasteiger partial charge in [0.05, 0.1) is 18.7 Å². The highest BCUT2D eigenvalue weighted by Crippen LogP contribution is 2.24. The van der Waals surface area contributed by atoms with Crippen LogP contribution >= 0.6 is 11.3 Å². The zero-order valence-electron chi connectivity index (χ0n) is 16.2. The van der Waals surface area contributed by atoms with Crippen LogP contribution in [0.15, 0.2) is 47.8 Å². The normalized spacial score (nSPS) is 10.5. The first-order chi connectivity index (χ1) is 13.4. The molecule has 0 unspecified atom stereocenters. The fourth-order valence-corrected chi connectivity index (χ4v) is 3.72. The van der Waals surface area contributed by atoms with Gasteiger partial charge in [-0.2, -0.15) is 0 Å². The van der Waals surface area contributed by atoms with Crippen molar-refractivity contribution in [3.63, 3.8) is 0 Å². The van der Waals surface area contributed by atoms with Crippen molar-refractivity contribution >= 4 is 28.8 Å². The molecule has 0 saturated carbocycles. The second kappa shape index (κ2) is 8.80. The fourth-order valence-electron chi connectivity index (χ4n) is 2.90. The number of aromatic nitrogens is 1. The second-order valence-corrected chi connectivity index (χ2v) is 7.64. The largest absolute Gasteiger partial charge is 0.347 e. The summed E-state index contributed by atoms with van der Waals surface area (Å²) in [5.74, 6) is -0.470.